The van der Waals surface area contributed by atoms with E-state index >= 15 is 0 Å². The van der Waals surface area contributed by atoms with Crippen molar-refractivity contribution in [2.75, 3.05) is 6.54 Å². The van der Waals surface area contributed by atoms with Crippen molar-refractivity contribution in [3.8, 4) is 11.3 Å². The highest BCUT2D eigenvalue weighted by Gasteiger charge is 2.37. The normalized spacial score (nSPS) is 13.0. The summed E-state index contributed by atoms with van der Waals surface area (Å²) in [5.41, 5.74) is 5.92. The SMILES string of the molecule is CCC(=CC=C(C)C)CNC(O)c1ccc2nc(-c3ccccc3)c(CCCC(F)(F)C(=O)O)nc2c1. The number of aliphatic hydroxyl groups is 1. The molecular weight excluding hydrogens is 476 g/mol. The van der Waals surface area contributed by atoms with Gasteiger partial charge >= 0.3 is 11.9 Å². The number of aliphatic carboxylic acids is 1. The Bertz CT molecular complexity index is 1290. The molecule has 3 N–H and O–H groups in total. The van der Waals surface area contributed by atoms with Crippen molar-refractivity contribution in [3.05, 3.63) is 83.1 Å². The topological polar surface area (TPSA) is 95.3 Å². The number of nitrogens with one attached hydrogen (secondary N) is 1. The Morgan fingerprint density at radius 1 is 1.08 bits per heavy atom. The predicted octanol–water partition coefficient (Wildman–Crippen LogP) is 6.22. The smallest absolute Gasteiger partial charge is 0.374 e. The van der Waals surface area contributed by atoms with Crippen molar-refractivity contribution in [2.45, 2.75) is 58.6 Å². The van der Waals surface area contributed by atoms with E-state index in [-0.39, 0.29) is 12.8 Å². The third-order valence-electron chi connectivity index (χ3n) is 5.97. The zero-order valence-corrected chi connectivity index (χ0v) is 21.3. The predicted molar refractivity (Wildman–Crippen MR) is 141 cm³/mol. The average Bonchev–Trinajstić information content (AvgIpc) is 2.88. The lowest BCUT2D eigenvalue weighted by atomic mass is 10.0. The number of aliphatic hydroxyl groups excluding tert-OH is 1. The van der Waals surface area contributed by atoms with Gasteiger partial charge in [0.05, 0.1) is 22.4 Å². The first-order valence-corrected chi connectivity index (χ1v) is 12.3. The van der Waals surface area contributed by atoms with E-state index in [0.717, 1.165) is 17.6 Å². The van der Waals surface area contributed by atoms with Crippen LogP contribution in [-0.4, -0.2) is 38.6 Å². The van der Waals surface area contributed by atoms with E-state index in [1.54, 1.807) is 18.2 Å². The van der Waals surface area contributed by atoms with E-state index in [1.165, 1.54) is 5.57 Å². The molecule has 0 radical (unpaired) electrons. The molecule has 3 rings (SSSR count). The summed E-state index contributed by atoms with van der Waals surface area (Å²) in [5, 5.41) is 22.6. The fraction of sp³-hybridized carbons (Fsp3) is 0.345. The van der Waals surface area contributed by atoms with Crippen molar-refractivity contribution in [1.82, 2.24) is 15.3 Å². The zero-order chi connectivity index (χ0) is 27.0. The molecular formula is C29H33F2N3O3. The largest absolute Gasteiger partial charge is 0.477 e. The van der Waals surface area contributed by atoms with E-state index in [1.807, 2.05) is 56.3 Å². The van der Waals surface area contributed by atoms with E-state index in [4.69, 9.17) is 15.1 Å². The van der Waals surface area contributed by atoms with Crippen LogP contribution in [-0.2, 0) is 11.2 Å². The van der Waals surface area contributed by atoms with E-state index in [2.05, 4.69) is 12.2 Å². The summed E-state index contributed by atoms with van der Waals surface area (Å²) >= 11 is 0. The summed E-state index contributed by atoms with van der Waals surface area (Å²) < 4.78 is 27.3. The second-order valence-electron chi connectivity index (χ2n) is 9.20. The van der Waals surface area contributed by atoms with Crippen LogP contribution in [0.1, 0.15) is 57.5 Å². The van der Waals surface area contributed by atoms with Crippen LogP contribution >= 0.6 is 0 Å². The first kappa shape index (κ1) is 28.1. The molecule has 37 heavy (non-hydrogen) atoms. The van der Waals surface area contributed by atoms with Gasteiger partial charge in [0.1, 0.15) is 6.23 Å². The van der Waals surface area contributed by atoms with E-state index in [9.17, 15) is 18.7 Å². The van der Waals surface area contributed by atoms with Crippen LogP contribution in [0.15, 0.2) is 71.8 Å². The number of halogens is 2. The summed E-state index contributed by atoms with van der Waals surface area (Å²) in [6, 6.07) is 14.6. The molecule has 1 unspecified atom stereocenters. The summed E-state index contributed by atoms with van der Waals surface area (Å²) in [4.78, 5) is 20.2. The van der Waals surface area contributed by atoms with Gasteiger partial charge in [-0.1, -0.05) is 66.6 Å². The van der Waals surface area contributed by atoms with Crippen molar-refractivity contribution >= 4 is 17.0 Å². The minimum Gasteiger partial charge on any atom is -0.477 e. The van der Waals surface area contributed by atoms with Crippen LogP contribution in [0, 0.1) is 0 Å². The molecule has 0 saturated heterocycles. The number of aromatic nitrogens is 2. The lowest BCUT2D eigenvalue weighted by molar-refractivity contribution is -0.165. The van der Waals surface area contributed by atoms with Crippen LogP contribution in [0.4, 0.5) is 8.78 Å². The van der Waals surface area contributed by atoms with Crippen LogP contribution < -0.4 is 5.32 Å². The number of fused-ring (bicyclic) bond motifs is 1. The molecule has 1 aromatic heterocycles. The Balaban J connectivity index is 1.88. The number of carboxylic acids is 1. The first-order valence-electron chi connectivity index (χ1n) is 12.3. The molecule has 8 heteroatoms. The summed E-state index contributed by atoms with van der Waals surface area (Å²) in [6.07, 6.45) is 3.28. The number of allylic oxidation sites excluding steroid dienone is 3. The lowest BCUT2D eigenvalue weighted by Gasteiger charge is -2.16. The molecule has 0 spiro atoms. The van der Waals surface area contributed by atoms with Crippen LogP contribution in [0.2, 0.25) is 0 Å². The molecule has 0 aliphatic heterocycles. The van der Waals surface area contributed by atoms with Gasteiger partial charge in [0.15, 0.2) is 0 Å². The van der Waals surface area contributed by atoms with Gasteiger partial charge in [-0.15, -0.1) is 0 Å². The van der Waals surface area contributed by atoms with Gasteiger partial charge in [-0.2, -0.15) is 8.78 Å². The Hall–Kier alpha value is -3.49. The van der Waals surface area contributed by atoms with Crippen LogP contribution in [0.25, 0.3) is 22.3 Å². The van der Waals surface area contributed by atoms with E-state index < -0.39 is 24.5 Å². The van der Waals surface area contributed by atoms with Gasteiger partial charge in [-0.25, -0.2) is 14.8 Å². The fourth-order valence-corrected chi connectivity index (χ4v) is 3.80. The van der Waals surface area contributed by atoms with Gasteiger partial charge in [0.25, 0.3) is 0 Å². The number of rotatable bonds is 12. The molecule has 0 aliphatic carbocycles. The lowest BCUT2D eigenvalue weighted by Crippen LogP contribution is -2.28. The summed E-state index contributed by atoms with van der Waals surface area (Å²) in [7, 11) is 0. The Kier molecular flexibility index (Phi) is 9.60. The minimum atomic E-state index is -3.79. The number of hydrogen-bond donors (Lipinski definition) is 3. The first-order chi connectivity index (χ1) is 17.6. The molecule has 0 saturated carbocycles. The van der Waals surface area contributed by atoms with Gasteiger partial charge in [-0.05, 0) is 50.8 Å². The third-order valence-corrected chi connectivity index (χ3v) is 5.97. The second-order valence-corrected chi connectivity index (χ2v) is 9.20. The highest BCUT2D eigenvalue weighted by molar-refractivity contribution is 5.79. The Morgan fingerprint density at radius 2 is 1.81 bits per heavy atom. The number of nitrogens with zero attached hydrogens (tertiary/aromatic N) is 2. The monoisotopic (exact) mass is 509 g/mol. The molecule has 196 valence electrons. The van der Waals surface area contributed by atoms with Crippen LogP contribution in [0.3, 0.4) is 0 Å². The molecule has 2 aromatic carbocycles. The van der Waals surface area contributed by atoms with E-state index in [0.29, 0.717) is 34.5 Å². The van der Waals surface area contributed by atoms with Gasteiger partial charge in [-0.3, -0.25) is 5.32 Å². The molecule has 0 fully saturated rings. The number of benzene rings is 2. The number of hydrogen-bond acceptors (Lipinski definition) is 5. The highest BCUT2D eigenvalue weighted by atomic mass is 19.3. The number of carboxylic acid groups (broad SMARTS) is 1. The van der Waals surface area contributed by atoms with Gasteiger partial charge in [0.2, 0.25) is 0 Å². The van der Waals surface area contributed by atoms with Crippen molar-refractivity contribution in [3.63, 3.8) is 0 Å². The maximum Gasteiger partial charge on any atom is 0.374 e. The Morgan fingerprint density at radius 3 is 2.46 bits per heavy atom. The molecule has 0 bridgehead atoms. The molecule has 0 aliphatic rings. The van der Waals surface area contributed by atoms with Gasteiger partial charge in [0, 0.05) is 18.5 Å². The standard InChI is InChI=1S/C29H33F2N3O3/c1-4-20(13-12-19(2)3)18-32-27(35)22-14-15-23-25(17-22)33-24(11-8-16-29(30,31)28(36)37)26(34-23)21-9-6-5-7-10-21/h5-7,9-10,12-15,17,27,32,35H,4,8,11,16,18H2,1-3H3,(H,36,37). The second kappa shape index (κ2) is 12.7. The Labute approximate surface area is 215 Å². The van der Waals surface area contributed by atoms with Crippen molar-refractivity contribution in [2.24, 2.45) is 0 Å². The molecule has 1 atom stereocenters. The fourth-order valence-electron chi connectivity index (χ4n) is 3.80. The maximum absolute atomic E-state index is 13.6. The third kappa shape index (κ3) is 7.74. The summed E-state index contributed by atoms with van der Waals surface area (Å²) in [5.74, 6) is -5.93. The molecule has 6 nitrogen and oxygen atoms in total. The van der Waals surface area contributed by atoms with Gasteiger partial charge < -0.3 is 10.2 Å². The molecule has 0 amide bonds. The number of carbonyl (C=O) groups is 1. The minimum absolute atomic E-state index is 0.0685. The average molecular weight is 510 g/mol. The quantitative estimate of drug-likeness (QED) is 0.198. The van der Waals surface area contributed by atoms with Crippen molar-refractivity contribution < 1.29 is 23.8 Å². The maximum atomic E-state index is 13.6. The number of aryl methyl sites for hydroxylation is 1. The zero-order valence-electron chi connectivity index (χ0n) is 21.3. The van der Waals surface area contributed by atoms with Crippen molar-refractivity contribution in [1.29, 1.82) is 0 Å². The summed E-state index contributed by atoms with van der Waals surface area (Å²) in [6.45, 7) is 6.62. The molecule has 1 heterocycles. The molecule has 3 aromatic rings. The highest BCUT2D eigenvalue weighted by Crippen LogP contribution is 2.28. The number of alkyl halides is 2. The van der Waals surface area contributed by atoms with Crippen LogP contribution in [0.5, 0.6) is 0 Å².